The highest BCUT2D eigenvalue weighted by Gasteiger charge is 2.22. The predicted octanol–water partition coefficient (Wildman–Crippen LogP) is 2.85. The van der Waals surface area contributed by atoms with Gasteiger partial charge in [0.25, 0.3) is 5.91 Å². The molecule has 1 aliphatic rings. The number of benzene rings is 1. The zero-order valence-electron chi connectivity index (χ0n) is 14.3. The van der Waals surface area contributed by atoms with Gasteiger partial charge in [-0.05, 0) is 44.2 Å². The Morgan fingerprint density at radius 3 is 2.50 bits per heavy atom. The Morgan fingerprint density at radius 2 is 1.96 bits per heavy atom. The molecule has 0 aliphatic heterocycles. The first-order chi connectivity index (χ1) is 11.1. The number of nitrogens with two attached hydrogens (primary N) is 1. The van der Waals surface area contributed by atoms with Crippen LogP contribution in [0.4, 0.5) is 0 Å². The van der Waals surface area contributed by atoms with E-state index in [0.717, 1.165) is 31.2 Å². The van der Waals surface area contributed by atoms with E-state index in [1.807, 2.05) is 6.07 Å². The second kappa shape index (κ2) is 9.55. The van der Waals surface area contributed by atoms with Crippen LogP contribution in [-0.2, 0) is 6.42 Å². The van der Waals surface area contributed by atoms with Gasteiger partial charge in [0.05, 0.1) is 14.2 Å². The lowest BCUT2D eigenvalue weighted by Gasteiger charge is -2.27. The standard InChI is InChI=1S/C18H26N2O3.ClH/c1-4-5-12-10-13(11-16(22-2)17(12)23-3)18(21)20-15-8-6-14(19)7-9-15;/h4,10-11,14-15H,1,5-9,19H2,2-3H3,(H,20,21);1H. The molecular formula is C18H27ClN2O3. The van der Waals surface area contributed by atoms with E-state index in [1.54, 1.807) is 26.4 Å². The SMILES string of the molecule is C=CCc1cc(C(=O)NC2CCC(N)CC2)cc(OC)c1OC.Cl. The summed E-state index contributed by atoms with van der Waals surface area (Å²) < 4.78 is 10.8. The Bertz CT molecular complexity index is 570. The summed E-state index contributed by atoms with van der Waals surface area (Å²) in [5.74, 6) is 1.12. The van der Waals surface area contributed by atoms with Crippen molar-refractivity contribution in [2.75, 3.05) is 14.2 Å². The van der Waals surface area contributed by atoms with Crippen LogP contribution in [0.15, 0.2) is 24.8 Å². The van der Waals surface area contributed by atoms with E-state index in [1.165, 1.54) is 0 Å². The third-order valence-electron chi connectivity index (χ3n) is 4.29. The second-order valence-corrected chi connectivity index (χ2v) is 5.95. The minimum Gasteiger partial charge on any atom is -0.493 e. The summed E-state index contributed by atoms with van der Waals surface area (Å²) in [6.07, 6.45) is 6.16. The number of hydrogen-bond acceptors (Lipinski definition) is 4. The fourth-order valence-electron chi connectivity index (χ4n) is 3.01. The Hall–Kier alpha value is -1.72. The second-order valence-electron chi connectivity index (χ2n) is 5.95. The molecule has 1 fully saturated rings. The topological polar surface area (TPSA) is 73.6 Å². The minimum absolute atomic E-state index is 0. The number of carbonyl (C=O) groups excluding carboxylic acids is 1. The first kappa shape index (κ1) is 20.3. The average Bonchev–Trinajstić information content (AvgIpc) is 2.56. The molecule has 0 aromatic heterocycles. The zero-order valence-corrected chi connectivity index (χ0v) is 15.2. The summed E-state index contributed by atoms with van der Waals surface area (Å²) in [7, 11) is 3.16. The lowest BCUT2D eigenvalue weighted by molar-refractivity contribution is 0.0925. The van der Waals surface area contributed by atoms with Crippen LogP contribution in [0.2, 0.25) is 0 Å². The Labute approximate surface area is 150 Å². The molecule has 0 saturated heterocycles. The molecule has 0 atom stereocenters. The molecule has 134 valence electrons. The van der Waals surface area contributed by atoms with E-state index in [0.29, 0.717) is 23.5 Å². The van der Waals surface area contributed by atoms with Crippen molar-refractivity contribution in [3.63, 3.8) is 0 Å². The highest BCUT2D eigenvalue weighted by atomic mass is 35.5. The van der Waals surface area contributed by atoms with Gasteiger partial charge in [-0.25, -0.2) is 0 Å². The van der Waals surface area contributed by atoms with Crippen LogP contribution in [0.25, 0.3) is 0 Å². The molecule has 3 N–H and O–H groups in total. The predicted molar refractivity (Wildman–Crippen MR) is 98.4 cm³/mol. The number of halogens is 1. The molecular weight excluding hydrogens is 328 g/mol. The number of nitrogens with one attached hydrogen (secondary N) is 1. The number of amides is 1. The van der Waals surface area contributed by atoms with Crippen LogP contribution in [-0.4, -0.2) is 32.2 Å². The highest BCUT2D eigenvalue weighted by molar-refractivity contribution is 5.95. The van der Waals surface area contributed by atoms with Crippen LogP contribution < -0.4 is 20.5 Å². The normalized spacial score (nSPS) is 19.8. The van der Waals surface area contributed by atoms with Crippen LogP contribution >= 0.6 is 12.4 Å². The zero-order chi connectivity index (χ0) is 16.8. The van der Waals surface area contributed by atoms with E-state index < -0.39 is 0 Å². The van der Waals surface area contributed by atoms with E-state index in [9.17, 15) is 4.79 Å². The Balaban J connectivity index is 0.00000288. The molecule has 1 aliphatic carbocycles. The number of carbonyl (C=O) groups is 1. The molecule has 1 aromatic carbocycles. The number of rotatable bonds is 6. The van der Waals surface area contributed by atoms with Gasteiger partial charge in [0.15, 0.2) is 11.5 Å². The monoisotopic (exact) mass is 354 g/mol. The van der Waals surface area contributed by atoms with Gasteiger partial charge in [-0.3, -0.25) is 4.79 Å². The van der Waals surface area contributed by atoms with Gasteiger partial charge < -0.3 is 20.5 Å². The van der Waals surface area contributed by atoms with Gasteiger partial charge in [-0.2, -0.15) is 0 Å². The smallest absolute Gasteiger partial charge is 0.251 e. The van der Waals surface area contributed by atoms with Crippen molar-refractivity contribution in [1.82, 2.24) is 5.32 Å². The van der Waals surface area contributed by atoms with Crippen molar-refractivity contribution in [3.05, 3.63) is 35.9 Å². The molecule has 6 heteroatoms. The van der Waals surface area contributed by atoms with Crippen LogP contribution in [0, 0.1) is 0 Å². The quantitative estimate of drug-likeness (QED) is 0.770. The summed E-state index contributed by atoms with van der Waals surface area (Å²) in [6.45, 7) is 3.75. The number of ether oxygens (including phenoxy) is 2. The number of allylic oxidation sites excluding steroid dienone is 1. The van der Waals surface area contributed by atoms with Gasteiger partial charge in [0, 0.05) is 23.2 Å². The maximum absolute atomic E-state index is 12.6. The number of methoxy groups -OCH3 is 2. The first-order valence-electron chi connectivity index (χ1n) is 8.01. The van der Waals surface area contributed by atoms with E-state index in [4.69, 9.17) is 15.2 Å². The maximum Gasteiger partial charge on any atom is 0.251 e. The first-order valence-corrected chi connectivity index (χ1v) is 8.01. The summed E-state index contributed by atoms with van der Waals surface area (Å²) in [4.78, 5) is 12.6. The fourth-order valence-corrected chi connectivity index (χ4v) is 3.01. The van der Waals surface area contributed by atoms with Gasteiger partial charge in [0.1, 0.15) is 0 Å². The van der Waals surface area contributed by atoms with Crippen molar-refractivity contribution < 1.29 is 14.3 Å². The van der Waals surface area contributed by atoms with E-state index in [-0.39, 0.29) is 30.4 Å². The molecule has 1 saturated carbocycles. The van der Waals surface area contributed by atoms with Gasteiger partial charge >= 0.3 is 0 Å². The molecule has 5 nitrogen and oxygen atoms in total. The highest BCUT2D eigenvalue weighted by Crippen LogP contribution is 2.33. The molecule has 0 spiro atoms. The van der Waals surface area contributed by atoms with Crippen LogP contribution in [0.5, 0.6) is 11.5 Å². The molecule has 0 heterocycles. The molecule has 0 unspecified atom stereocenters. The maximum atomic E-state index is 12.6. The molecule has 1 aromatic rings. The van der Waals surface area contributed by atoms with E-state index >= 15 is 0 Å². The van der Waals surface area contributed by atoms with Gasteiger partial charge in [-0.15, -0.1) is 19.0 Å². The summed E-state index contributed by atoms with van der Waals surface area (Å²) in [5.41, 5.74) is 7.37. The van der Waals surface area contributed by atoms with Crippen LogP contribution in [0.3, 0.4) is 0 Å². The van der Waals surface area contributed by atoms with Crippen molar-refractivity contribution in [1.29, 1.82) is 0 Å². The molecule has 24 heavy (non-hydrogen) atoms. The lowest BCUT2D eigenvalue weighted by Crippen LogP contribution is -2.40. The minimum atomic E-state index is -0.0864. The Kier molecular flexibility index (Phi) is 8.08. The summed E-state index contributed by atoms with van der Waals surface area (Å²) in [5, 5.41) is 3.10. The summed E-state index contributed by atoms with van der Waals surface area (Å²) in [6, 6.07) is 4.02. The molecule has 2 rings (SSSR count). The van der Waals surface area contributed by atoms with Gasteiger partial charge in [-0.1, -0.05) is 6.08 Å². The van der Waals surface area contributed by atoms with Crippen LogP contribution in [0.1, 0.15) is 41.6 Å². The third-order valence-corrected chi connectivity index (χ3v) is 4.29. The third kappa shape index (κ3) is 4.89. The largest absolute Gasteiger partial charge is 0.493 e. The Morgan fingerprint density at radius 1 is 1.29 bits per heavy atom. The lowest BCUT2D eigenvalue weighted by atomic mass is 9.91. The fraction of sp³-hybridized carbons (Fsp3) is 0.500. The van der Waals surface area contributed by atoms with E-state index in [2.05, 4.69) is 11.9 Å². The van der Waals surface area contributed by atoms with Crippen molar-refractivity contribution >= 4 is 18.3 Å². The molecule has 0 radical (unpaired) electrons. The van der Waals surface area contributed by atoms with Crippen molar-refractivity contribution in [2.45, 2.75) is 44.2 Å². The number of hydrogen-bond donors (Lipinski definition) is 2. The summed E-state index contributed by atoms with van der Waals surface area (Å²) >= 11 is 0. The van der Waals surface area contributed by atoms with Gasteiger partial charge in [0.2, 0.25) is 0 Å². The average molecular weight is 355 g/mol. The molecule has 1 amide bonds. The molecule has 0 bridgehead atoms. The van der Waals surface area contributed by atoms with Crippen molar-refractivity contribution in [2.24, 2.45) is 5.73 Å². The van der Waals surface area contributed by atoms with Crippen molar-refractivity contribution in [3.8, 4) is 11.5 Å².